The van der Waals surface area contributed by atoms with Crippen LogP contribution in [0.2, 0.25) is 0 Å². The zero-order chi connectivity index (χ0) is 15.2. The second kappa shape index (κ2) is 7.22. The molecule has 2 rings (SSSR count). The second-order valence-corrected chi connectivity index (χ2v) is 5.27. The van der Waals surface area contributed by atoms with Crippen LogP contribution in [-0.4, -0.2) is 12.6 Å². The number of carbonyl (C=O) groups excluding carboxylic acids is 1. The number of halogens is 2. The number of benzene rings is 2. The minimum absolute atomic E-state index is 0.242. The fourth-order valence-corrected chi connectivity index (χ4v) is 2.18. The van der Waals surface area contributed by atoms with E-state index in [4.69, 9.17) is 4.74 Å². The molecule has 0 bridgehead atoms. The highest BCUT2D eigenvalue weighted by molar-refractivity contribution is 9.10. The van der Waals surface area contributed by atoms with Gasteiger partial charge < -0.3 is 10.1 Å². The first-order valence-corrected chi connectivity index (χ1v) is 7.34. The fourth-order valence-electron chi connectivity index (χ4n) is 1.91. The Morgan fingerprint density at radius 1 is 1.24 bits per heavy atom. The van der Waals surface area contributed by atoms with Crippen molar-refractivity contribution in [2.45, 2.75) is 13.0 Å². The van der Waals surface area contributed by atoms with Crippen LogP contribution in [0.1, 0.15) is 18.5 Å². The standard InChI is InChI=1S/C16H15BrFNO2/c1-2-21-16(20)15(13-5-3-4-6-14(13)18)19-12-9-7-11(17)8-10-12/h3-10,15,19H,2H2,1H3. The first-order valence-electron chi connectivity index (χ1n) is 6.55. The maximum absolute atomic E-state index is 14.0. The maximum atomic E-state index is 14.0. The molecule has 0 saturated carbocycles. The molecule has 0 aliphatic heterocycles. The molecule has 1 atom stereocenters. The molecular weight excluding hydrogens is 337 g/mol. The van der Waals surface area contributed by atoms with E-state index in [9.17, 15) is 9.18 Å². The summed E-state index contributed by atoms with van der Waals surface area (Å²) in [5.41, 5.74) is 0.971. The van der Waals surface area contributed by atoms with E-state index in [2.05, 4.69) is 21.2 Å². The van der Waals surface area contributed by atoms with Crippen LogP contribution in [0.4, 0.5) is 10.1 Å². The third-order valence-electron chi connectivity index (χ3n) is 2.89. The van der Waals surface area contributed by atoms with Crippen molar-refractivity contribution in [3.8, 4) is 0 Å². The number of esters is 1. The average molecular weight is 352 g/mol. The lowest BCUT2D eigenvalue weighted by Gasteiger charge is -2.19. The number of anilines is 1. The average Bonchev–Trinajstić information content (AvgIpc) is 2.48. The zero-order valence-corrected chi connectivity index (χ0v) is 13.1. The first kappa shape index (κ1) is 15.5. The predicted octanol–water partition coefficient (Wildman–Crippen LogP) is 4.30. The third-order valence-corrected chi connectivity index (χ3v) is 3.42. The lowest BCUT2D eigenvalue weighted by atomic mass is 10.1. The Balaban J connectivity index is 2.30. The molecule has 2 aromatic rings. The van der Waals surface area contributed by atoms with Crippen molar-refractivity contribution in [1.29, 1.82) is 0 Å². The van der Waals surface area contributed by atoms with Crippen LogP contribution < -0.4 is 5.32 Å². The SMILES string of the molecule is CCOC(=O)C(Nc1ccc(Br)cc1)c1ccccc1F. The molecule has 21 heavy (non-hydrogen) atoms. The van der Waals surface area contributed by atoms with Gasteiger partial charge in [-0.05, 0) is 37.3 Å². The van der Waals surface area contributed by atoms with Gasteiger partial charge in [0.2, 0.25) is 0 Å². The largest absolute Gasteiger partial charge is 0.464 e. The number of hydrogen-bond acceptors (Lipinski definition) is 3. The molecule has 3 nitrogen and oxygen atoms in total. The molecule has 0 fully saturated rings. The number of rotatable bonds is 5. The van der Waals surface area contributed by atoms with E-state index in [0.29, 0.717) is 5.69 Å². The van der Waals surface area contributed by atoms with E-state index < -0.39 is 17.8 Å². The summed E-state index contributed by atoms with van der Waals surface area (Å²) in [5, 5.41) is 3.01. The van der Waals surface area contributed by atoms with E-state index in [1.807, 2.05) is 12.1 Å². The fraction of sp³-hybridized carbons (Fsp3) is 0.188. The topological polar surface area (TPSA) is 38.3 Å². The molecule has 0 saturated heterocycles. The van der Waals surface area contributed by atoms with Gasteiger partial charge in [0.1, 0.15) is 5.82 Å². The van der Waals surface area contributed by atoms with Crippen molar-refractivity contribution in [2.24, 2.45) is 0 Å². The lowest BCUT2D eigenvalue weighted by molar-refractivity contribution is -0.144. The highest BCUT2D eigenvalue weighted by atomic mass is 79.9. The second-order valence-electron chi connectivity index (χ2n) is 4.36. The third kappa shape index (κ3) is 4.04. The lowest BCUT2D eigenvalue weighted by Crippen LogP contribution is -2.24. The van der Waals surface area contributed by atoms with Gasteiger partial charge in [0.15, 0.2) is 6.04 Å². The summed E-state index contributed by atoms with van der Waals surface area (Å²) in [6.45, 7) is 1.96. The first-order chi connectivity index (χ1) is 10.1. The Morgan fingerprint density at radius 3 is 2.52 bits per heavy atom. The molecule has 5 heteroatoms. The van der Waals surface area contributed by atoms with Crippen molar-refractivity contribution in [3.63, 3.8) is 0 Å². The van der Waals surface area contributed by atoms with Gasteiger partial charge >= 0.3 is 5.97 Å². The molecule has 0 amide bonds. The van der Waals surface area contributed by atoms with Crippen LogP contribution in [0, 0.1) is 5.82 Å². The van der Waals surface area contributed by atoms with E-state index in [0.717, 1.165) is 4.47 Å². The Bertz CT molecular complexity index is 616. The maximum Gasteiger partial charge on any atom is 0.333 e. The molecule has 110 valence electrons. The van der Waals surface area contributed by atoms with Crippen molar-refractivity contribution in [1.82, 2.24) is 0 Å². The summed E-state index contributed by atoms with van der Waals surface area (Å²) in [6, 6.07) is 12.6. The van der Waals surface area contributed by atoms with Gasteiger partial charge in [0.05, 0.1) is 6.61 Å². The Kier molecular flexibility index (Phi) is 5.33. The van der Waals surface area contributed by atoms with E-state index in [1.165, 1.54) is 6.07 Å². The Labute approximate surface area is 131 Å². The van der Waals surface area contributed by atoms with Crippen LogP contribution >= 0.6 is 15.9 Å². The molecule has 2 aromatic carbocycles. The van der Waals surface area contributed by atoms with Gasteiger partial charge in [-0.2, -0.15) is 0 Å². The summed E-state index contributed by atoms with van der Waals surface area (Å²) in [4.78, 5) is 12.1. The molecule has 0 aromatic heterocycles. The van der Waals surface area contributed by atoms with Gasteiger partial charge in [0.25, 0.3) is 0 Å². The normalized spacial score (nSPS) is 11.8. The van der Waals surface area contributed by atoms with Crippen LogP contribution in [0.15, 0.2) is 53.0 Å². The van der Waals surface area contributed by atoms with Crippen LogP contribution in [0.25, 0.3) is 0 Å². The quantitative estimate of drug-likeness (QED) is 0.816. The van der Waals surface area contributed by atoms with Crippen molar-refractivity contribution < 1.29 is 13.9 Å². The Morgan fingerprint density at radius 2 is 1.90 bits per heavy atom. The summed E-state index contributed by atoms with van der Waals surface area (Å²) in [5.74, 6) is -0.953. The van der Waals surface area contributed by atoms with Crippen molar-refractivity contribution in [2.75, 3.05) is 11.9 Å². The van der Waals surface area contributed by atoms with Gasteiger partial charge in [-0.15, -0.1) is 0 Å². The summed E-state index contributed by atoms with van der Waals surface area (Å²) >= 11 is 3.34. The van der Waals surface area contributed by atoms with Gasteiger partial charge in [-0.25, -0.2) is 9.18 Å². The molecule has 0 radical (unpaired) electrons. The minimum atomic E-state index is -0.882. The molecule has 1 N–H and O–H groups in total. The van der Waals surface area contributed by atoms with E-state index in [1.54, 1.807) is 37.3 Å². The number of nitrogens with one attached hydrogen (secondary N) is 1. The summed E-state index contributed by atoms with van der Waals surface area (Å²) < 4.78 is 19.9. The van der Waals surface area contributed by atoms with Crippen molar-refractivity contribution in [3.05, 3.63) is 64.4 Å². The molecule has 1 unspecified atom stereocenters. The van der Waals surface area contributed by atoms with Crippen LogP contribution in [0.5, 0.6) is 0 Å². The minimum Gasteiger partial charge on any atom is -0.464 e. The molecule has 0 aliphatic rings. The Hall–Kier alpha value is -1.88. The zero-order valence-electron chi connectivity index (χ0n) is 11.5. The molecular formula is C16H15BrFNO2. The van der Waals surface area contributed by atoms with Gasteiger partial charge in [-0.3, -0.25) is 0 Å². The summed E-state index contributed by atoms with van der Waals surface area (Å²) in [7, 11) is 0. The highest BCUT2D eigenvalue weighted by Gasteiger charge is 2.24. The molecule has 0 aliphatic carbocycles. The molecule has 0 heterocycles. The van der Waals surface area contributed by atoms with E-state index >= 15 is 0 Å². The smallest absolute Gasteiger partial charge is 0.333 e. The monoisotopic (exact) mass is 351 g/mol. The summed E-state index contributed by atoms with van der Waals surface area (Å²) in [6.07, 6.45) is 0. The molecule has 0 spiro atoms. The van der Waals surface area contributed by atoms with Gasteiger partial charge in [-0.1, -0.05) is 34.1 Å². The number of hydrogen-bond donors (Lipinski definition) is 1. The predicted molar refractivity (Wildman–Crippen MR) is 83.5 cm³/mol. The van der Waals surface area contributed by atoms with Gasteiger partial charge in [0, 0.05) is 15.7 Å². The van der Waals surface area contributed by atoms with E-state index in [-0.39, 0.29) is 12.2 Å². The van der Waals surface area contributed by atoms with Crippen molar-refractivity contribution >= 4 is 27.6 Å². The van der Waals surface area contributed by atoms with Crippen LogP contribution in [0.3, 0.4) is 0 Å². The highest BCUT2D eigenvalue weighted by Crippen LogP contribution is 2.24. The number of carbonyl (C=O) groups is 1. The van der Waals surface area contributed by atoms with Crippen LogP contribution in [-0.2, 0) is 9.53 Å². The number of ether oxygens (including phenoxy) is 1.